The average molecular weight is 280 g/mol. The van der Waals surface area contributed by atoms with Crippen molar-refractivity contribution in [3.05, 3.63) is 0 Å². The van der Waals surface area contributed by atoms with Gasteiger partial charge in [-0.1, -0.05) is 0 Å². The standard InChI is InChI=1S/C10H20N2O5S/c1-11(6-5-10(13)14)18(15,16)12(7-8-17-2)9-3-4-9/h9H,3-8H2,1-2H3,(H,13,14). The largest absolute Gasteiger partial charge is 0.481 e. The van der Waals surface area contributed by atoms with Crippen LogP contribution in [0.2, 0.25) is 0 Å². The van der Waals surface area contributed by atoms with E-state index in [4.69, 9.17) is 9.84 Å². The minimum atomic E-state index is -3.58. The third kappa shape index (κ3) is 4.20. The summed E-state index contributed by atoms with van der Waals surface area (Å²) in [4.78, 5) is 10.5. The maximum absolute atomic E-state index is 12.2. The van der Waals surface area contributed by atoms with Crippen LogP contribution in [0.1, 0.15) is 19.3 Å². The molecule has 1 saturated carbocycles. The fraction of sp³-hybridized carbons (Fsp3) is 0.900. The molecule has 106 valence electrons. The highest BCUT2D eigenvalue weighted by atomic mass is 32.2. The first kappa shape index (κ1) is 15.4. The van der Waals surface area contributed by atoms with E-state index in [-0.39, 0.29) is 19.0 Å². The van der Waals surface area contributed by atoms with Gasteiger partial charge >= 0.3 is 5.97 Å². The second-order valence-corrected chi connectivity index (χ2v) is 6.30. The van der Waals surface area contributed by atoms with Crippen molar-refractivity contribution < 1.29 is 23.1 Å². The van der Waals surface area contributed by atoms with Gasteiger partial charge in [-0.2, -0.15) is 17.0 Å². The van der Waals surface area contributed by atoms with Crippen LogP contribution in [0, 0.1) is 0 Å². The first-order chi connectivity index (χ1) is 8.39. The molecule has 0 radical (unpaired) electrons. The molecule has 1 rings (SSSR count). The van der Waals surface area contributed by atoms with Gasteiger partial charge in [-0.25, -0.2) is 0 Å². The Hall–Kier alpha value is -0.700. The Morgan fingerprint density at radius 2 is 2.00 bits per heavy atom. The highest BCUT2D eigenvalue weighted by molar-refractivity contribution is 7.86. The summed E-state index contributed by atoms with van der Waals surface area (Å²) in [7, 11) is -0.659. The minimum Gasteiger partial charge on any atom is -0.481 e. The summed E-state index contributed by atoms with van der Waals surface area (Å²) in [5.41, 5.74) is 0. The monoisotopic (exact) mass is 280 g/mol. The topological polar surface area (TPSA) is 87.2 Å². The van der Waals surface area contributed by atoms with Gasteiger partial charge in [-0.05, 0) is 12.8 Å². The molecule has 0 aromatic rings. The predicted molar refractivity (Wildman–Crippen MR) is 65.4 cm³/mol. The highest BCUT2D eigenvalue weighted by Crippen LogP contribution is 2.29. The summed E-state index contributed by atoms with van der Waals surface area (Å²) in [6.07, 6.45) is 1.52. The van der Waals surface area contributed by atoms with Crippen molar-refractivity contribution in [1.82, 2.24) is 8.61 Å². The molecule has 18 heavy (non-hydrogen) atoms. The maximum atomic E-state index is 12.2. The van der Waals surface area contributed by atoms with E-state index >= 15 is 0 Å². The van der Waals surface area contributed by atoms with Crippen LogP contribution >= 0.6 is 0 Å². The minimum absolute atomic E-state index is 0.0200. The van der Waals surface area contributed by atoms with Crippen molar-refractivity contribution in [3.63, 3.8) is 0 Å². The normalized spacial score (nSPS) is 16.4. The highest BCUT2D eigenvalue weighted by Gasteiger charge is 2.38. The lowest BCUT2D eigenvalue weighted by Crippen LogP contribution is -2.45. The molecule has 0 saturated heterocycles. The lowest BCUT2D eigenvalue weighted by molar-refractivity contribution is -0.137. The molecule has 7 nitrogen and oxygen atoms in total. The Kier molecular flexibility index (Phi) is 5.51. The van der Waals surface area contributed by atoms with E-state index in [2.05, 4.69) is 0 Å². The Labute approximate surface area is 108 Å². The van der Waals surface area contributed by atoms with Crippen molar-refractivity contribution in [2.75, 3.05) is 33.9 Å². The summed E-state index contributed by atoms with van der Waals surface area (Å²) in [5.74, 6) is -1.01. The molecule has 0 aliphatic heterocycles. The van der Waals surface area contributed by atoms with Crippen molar-refractivity contribution >= 4 is 16.2 Å². The zero-order chi connectivity index (χ0) is 13.8. The van der Waals surface area contributed by atoms with Crippen molar-refractivity contribution in [3.8, 4) is 0 Å². The Morgan fingerprint density at radius 3 is 2.44 bits per heavy atom. The number of rotatable bonds is 9. The summed E-state index contributed by atoms with van der Waals surface area (Å²) in [6, 6.07) is 0.0393. The molecule has 0 atom stereocenters. The number of carbonyl (C=O) groups is 1. The quantitative estimate of drug-likeness (QED) is 0.629. The molecule has 1 aliphatic carbocycles. The van der Waals surface area contributed by atoms with Gasteiger partial charge in [0.15, 0.2) is 0 Å². The van der Waals surface area contributed by atoms with Crippen LogP contribution in [0.15, 0.2) is 0 Å². The first-order valence-electron chi connectivity index (χ1n) is 5.83. The number of aliphatic carboxylic acids is 1. The summed E-state index contributed by atoms with van der Waals surface area (Å²) in [6.45, 7) is 0.622. The van der Waals surface area contributed by atoms with E-state index in [1.165, 1.54) is 18.5 Å². The molecule has 1 fully saturated rings. The molecule has 0 amide bonds. The zero-order valence-corrected chi connectivity index (χ0v) is 11.5. The predicted octanol–water partition coefficient (Wildman–Crippen LogP) is -0.251. The molecule has 0 heterocycles. The lowest BCUT2D eigenvalue weighted by Gasteiger charge is -2.27. The lowest BCUT2D eigenvalue weighted by atomic mass is 10.4. The van der Waals surface area contributed by atoms with Gasteiger partial charge < -0.3 is 9.84 Å². The van der Waals surface area contributed by atoms with E-state index < -0.39 is 16.2 Å². The van der Waals surface area contributed by atoms with E-state index in [0.29, 0.717) is 13.2 Å². The SMILES string of the molecule is COCCN(C1CC1)S(=O)(=O)N(C)CCC(=O)O. The third-order valence-electron chi connectivity index (χ3n) is 2.80. The molecule has 0 aromatic carbocycles. The summed E-state index contributed by atoms with van der Waals surface area (Å²) in [5, 5.41) is 8.57. The zero-order valence-electron chi connectivity index (χ0n) is 10.7. The van der Waals surface area contributed by atoms with Crippen LogP contribution in [0.25, 0.3) is 0 Å². The molecule has 0 bridgehead atoms. The van der Waals surface area contributed by atoms with Crippen molar-refractivity contribution in [2.24, 2.45) is 0 Å². The molecule has 0 spiro atoms. The maximum Gasteiger partial charge on any atom is 0.304 e. The van der Waals surface area contributed by atoms with E-state index in [0.717, 1.165) is 17.1 Å². The van der Waals surface area contributed by atoms with Crippen LogP contribution < -0.4 is 0 Å². The van der Waals surface area contributed by atoms with Gasteiger partial charge in [-0.3, -0.25) is 4.79 Å². The molecule has 0 unspecified atom stereocenters. The number of hydrogen-bond donors (Lipinski definition) is 1. The fourth-order valence-corrected chi connectivity index (χ4v) is 3.15. The molecular weight excluding hydrogens is 260 g/mol. The fourth-order valence-electron chi connectivity index (χ4n) is 1.58. The molecule has 1 N–H and O–H groups in total. The Bertz CT molecular complexity index is 380. The third-order valence-corrected chi connectivity index (χ3v) is 4.84. The Morgan fingerprint density at radius 1 is 1.39 bits per heavy atom. The van der Waals surface area contributed by atoms with Crippen molar-refractivity contribution in [1.29, 1.82) is 0 Å². The van der Waals surface area contributed by atoms with E-state index in [1.54, 1.807) is 0 Å². The molecular formula is C10H20N2O5S. The van der Waals surface area contributed by atoms with Crippen LogP contribution in [-0.4, -0.2) is 68.0 Å². The number of ether oxygens (including phenoxy) is 1. The second kappa shape index (κ2) is 6.46. The van der Waals surface area contributed by atoms with Crippen LogP contribution in [0.4, 0.5) is 0 Å². The van der Waals surface area contributed by atoms with Gasteiger partial charge in [0.25, 0.3) is 10.2 Å². The smallest absolute Gasteiger partial charge is 0.304 e. The number of carboxylic acid groups (broad SMARTS) is 1. The first-order valence-corrected chi connectivity index (χ1v) is 7.23. The number of methoxy groups -OCH3 is 1. The van der Waals surface area contributed by atoms with Gasteiger partial charge in [0.1, 0.15) is 0 Å². The van der Waals surface area contributed by atoms with E-state index in [1.807, 2.05) is 0 Å². The van der Waals surface area contributed by atoms with Crippen molar-refractivity contribution in [2.45, 2.75) is 25.3 Å². The molecule has 0 aromatic heterocycles. The average Bonchev–Trinajstić information content (AvgIpc) is 3.10. The molecule has 1 aliphatic rings. The number of hydrogen-bond acceptors (Lipinski definition) is 4. The van der Waals surface area contributed by atoms with Gasteiger partial charge in [-0.15, -0.1) is 0 Å². The van der Waals surface area contributed by atoms with E-state index in [9.17, 15) is 13.2 Å². The number of carboxylic acids is 1. The van der Waals surface area contributed by atoms with Gasteiger partial charge in [0, 0.05) is 33.3 Å². The van der Waals surface area contributed by atoms with Gasteiger partial charge in [0.2, 0.25) is 0 Å². The van der Waals surface area contributed by atoms with Crippen LogP contribution in [-0.2, 0) is 19.7 Å². The summed E-state index contributed by atoms with van der Waals surface area (Å²) < 4.78 is 31.9. The second-order valence-electron chi connectivity index (χ2n) is 4.31. The Balaban J connectivity index is 2.65. The molecule has 8 heteroatoms. The summed E-state index contributed by atoms with van der Waals surface area (Å²) >= 11 is 0. The van der Waals surface area contributed by atoms with Crippen LogP contribution in [0.3, 0.4) is 0 Å². The van der Waals surface area contributed by atoms with Gasteiger partial charge in [0.05, 0.1) is 13.0 Å². The van der Waals surface area contributed by atoms with Crippen LogP contribution in [0.5, 0.6) is 0 Å². The number of nitrogens with zero attached hydrogens (tertiary/aromatic N) is 2.